The van der Waals surface area contributed by atoms with Crippen LogP contribution in [0.5, 0.6) is 5.75 Å². The largest absolute Gasteiger partial charge is 0.495 e. The number of aromatic nitrogens is 4. The van der Waals surface area contributed by atoms with E-state index in [0.29, 0.717) is 32.7 Å². The van der Waals surface area contributed by atoms with Crippen molar-refractivity contribution in [3.8, 4) is 27.6 Å². The van der Waals surface area contributed by atoms with Crippen LogP contribution in [0.1, 0.15) is 10.6 Å². The molecule has 0 fully saturated rings. The highest BCUT2D eigenvalue weighted by molar-refractivity contribution is 7.19. The fraction of sp³-hybridized carbons (Fsp3) is 0.0476. The van der Waals surface area contributed by atoms with Crippen LogP contribution in [0.15, 0.2) is 65.3 Å². The predicted octanol–water partition coefficient (Wildman–Crippen LogP) is 5.03. The molecule has 0 aliphatic rings. The van der Waals surface area contributed by atoms with Crippen LogP contribution in [0.25, 0.3) is 26.9 Å². The smallest absolute Gasteiger partial charge is 0.291 e. The third kappa shape index (κ3) is 3.65. The van der Waals surface area contributed by atoms with Gasteiger partial charge in [0.15, 0.2) is 5.76 Å². The molecule has 0 saturated heterocycles. The maximum absolute atomic E-state index is 12.8. The Morgan fingerprint density at radius 3 is 2.87 bits per heavy atom. The molecule has 0 radical (unpaired) electrons. The van der Waals surface area contributed by atoms with Crippen molar-refractivity contribution in [3.05, 3.63) is 71.7 Å². The molecule has 0 bridgehead atoms. The van der Waals surface area contributed by atoms with Crippen LogP contribution in [-0.4, -0.2) is 32.8 Å². The van der Waals surface area contributed by atoms with Gasteiger partial charge >= 0.3 is 0 Å². The van der Waals surface area contributed by atoms with Crippen LogP contribution < -0.4 is 10.1 Å². The lowest BCUT2D eigenvalue weighted by Gasteiger charge is -2.10. The van der Waals surface area contributed by atoms with E-state index in [1.165, 1.54) is 24.8 Å². The number of carbonyl (C=O) groups excluding carboxylic acids is 1. The van der Waals surface area contributed by atoms with Crippen LogP contribution in [0.2, 0.25) is 5.02 Å². The summed E-state index contributed by atoms with van der Waals surface area (Å²) in [4.78, 5) is 13.5. The molecule has 2 aromatic carbocycles. The number of rotatable bonds is 5. The van der Waals surface area contributed by atoms with Crippen molar-refractivity contribution in [1.29, 1.82) is 0 Å². The fourth-order valence-corrected chi connectivity index (χ4v) is 4.11. The lowest BCUT2D eigenvalue weighted by Crippen LogP contribution is -2.11. The van der Waals surface area contributed by atoms with Crippen LogP contribution >= 0.6 is 22.9 Å². The van der Waals surface area contributed by atoms with Crippen LogP contribution in [0, 0.1) is 0 Å². The van der Waals surface area contributed by atoms with E-state index >= 15 is 0 Å². The molecule has 0 aliphatic carbocycles. The van der Waals surface area contributed by atoms with Gasteiger partial charge in [-0.3, -0.25) is 4.79 Å². The zero-order chi connectivity index (χ0) is 21.4. The average Bonchev–Trinajstić information content (AvgIpc) is 3.50. The number of benzene rings is 2. The Balaban J connectivity index is 1.43. The lowest BCUT2D eigenvalue weighted by atomic mass is 10.2. The summed E-state index contributed by atoms with van der Waals surface area (Å²) in [5, 5.41) is 16.4. The number of hydrogen-bond donors (Lipinski definition) is 1. The number of fused-ring (bicyclic) bond motifs is 1. The molecule has 0 unspecified atom stereocenters. The highest BCUT2D eigenvalue weighted by Crippen LogP contribution is 2.33. The average molecular weight is 452 g/mol. The van der Waals surface area contributed by atoms with Crippen LogP contribution in [-0.2, 0) is 0 Å². The molecule has 0 saturated carbocycles. The van der Waals surface area contributed by atoms with E-state index in [0.717, 1.165) is 10.6 Å². The van der Waals surface area contributed by atoms with Crippen molar-refractivity contribution < 1.29 is 13.9 Å². The van der Waals surface area contributed by atoms with Gasteiger partial charge in [-0.2, -0.15) is 9.61 Å². The number of halogens is 1. The summed E-state index contributed by atoms with van der Waals surface area (Å²) >= 11 is 7.61. The van der Waals surface area contributed by atoms with E-state index < -0.39 is 5.91 Å². The molecule has 3 aromatic heterocycles. The second kappa shape index (κ2) is 7.86. The second-order valence-corrected chi connectivity index (χ2v) is 7.84. The standard InChI is InChI=1S/C21H14ClN5O3S/c1-29-17-7-6-12(20-26-27-11-23-25-21(27)31-20)10-15(17)24-19(28)18-9-8-16(30-18)13-4-2-3-5-14(13)22/h2-11H,1H3,(H,24,28). The first-order valence-electron chi connectivity index (χ1n) is 9.14. The first kappa shape index (κ1) is 19.3. The molecular weight excluding hydrogens is 438 g/mol. The van der Waals surface area contributed by atoms with Crippen molar-refractivity contribution in [3.63, 3.8) is 0 Å². The number of furan rings is 1. The predicted molar refractivity (Wildman–Crippen MR) is 118 cm³/mol. The molecule has 8 nitrogen and oxygen atoms in total. The number of nitrogens with zero attached hydrogens (tertiary/aromatic N) is 4. The summed E-state index contributed by atoms with van der Waals surface area (Å²) in [6.07, 6.45) is 1.54. The summed E-state index contributed by atoms with van der Waals surface area (Å²) < 4.78 is 12.7. The Morgan fingerprint density at radius 1 is 1.19 bits per heavy atom. The van der Waals surface area contributed by atoms with Gasteiger partial charge in [0, 0.05) is 11.1 Å². The van der Waals surface area contributed by atoms with Gasteiger partial charge in [-0.05, 0) is 42.5 Å². The molecule has 31 heavy (non-hydrogen) atoms. The number of carbonyl (C=O) groups is 1. The molecule has 10 heteroatoms. The number of anilines is 1. The van der Waals surface area contributed by atoms with Gasteiger partial charge in [0.1, 0.15) is 22.8 Å². The minimum Gasteiger partial charge on any atom is -0.495 e. The Kier molecular flexibility index (Phi) is 4.89. The van der Waals surface area contributed by atoms with Crippen molar-refractivity contribution in [1.82, 2.24) is 19.8 Å². The lowest BCUT2D eigenvalue weighted by molar-refractivity contribution is 0.0997. The van der Waals surface area contributed by atoms with E-state index in [2.05, 4.69) is 20.6 Å². The number of ether oxygens (including phenoxy) is 1. The van der Waals surface area contributed by atoms with Gasteiger partial charge in [-0.15, -0.1) is 10.2 Å². The molecule has 5 aromatic rings. The van der Waals surface area contributed by atoms with Gasteiger partial charge in [-0.25, -0.2) is 0 Å². The van der Waals surface area contributed by atoms with E-state index in [1.54, 1.807) is 34.8 Å². The third-order valence-corrected chi connectivity index (χ3v) is 5.84. The Hall–Kier alpha value is -3.69. The van der Waals surface area contributed by atoms with E-state index in [4.69, 9.17) is 20.8 Å². The summed E-state index contributed by atoms with van der Waals surface area (Å²) in [6.45, 7) is 0. The Labute approximate surface area is 185 Å². The van der Waals surface area contributed by atoms with Crippen molar-refractivity contribution in [2.45, 2.75) is 0 Å². The highest BCUT2D eigenvalue weighted by atomic mass is 35.5. The molecule has 154 valence electrons. The summed E-state index contributed by atoms with van der Waals surface area (Å²) in [7, 11) is 1.54. The topological polar surface area (TPSA) is 94.5 Å². The van der Waals surface area contributed by atoms with Crippen molar-refractivity contribution in [2.75, 3.05) is 12.4 Å². The normalized spacial score (nSPS) is 11.0. The van der Waals surface area contributed by atoms with Crippen LogP contribution in [0.4, 0.5) is 5.69 Å². The molecule has 3 heterocycles. The van der Waals surface area contributed by atoms with Gasteiger partial charge < -0.3 is 14.5 Å². The minimum absolute atomic E-state index is 0.154. The Bertz CT molecular complexity index is 1380. The molecule has 5 rings (SSSR count). The summed E-state index contributed by atoms with van der Waals surface area (Å²) in [6, 6.07) is 16.0. The molecule has 0 atom stereocenters. The first-order valence-corrected chi connectivity index (χ1v) is 10.3. The van der Waals surface area contributed by atoms with E-state index in [-0.39, 0.29) is 5.76 Å². The van der Waals surface area contributed by atoms with Gasteiger partial charge in [0.05, 0.1) is 17.8 Å². The molecule has 1 N–H and O–H groups in total. The van der Waals surface area contributed by atoms with Gasteiger partial charge in [0.25, 0.3) is 5.91 Å². The van der Waals surface area contributed by atoms with Gasteiger partial charge in [0.2, 0.25) is 4.96 Å². The van der Waals surface area contributed by atoms with Crippen LogP contribution in [0.3, 0.4) is 0 Å². The Morgan fingerprint density at radius 2 is 2.06 bits per heavy atom. The number of hydrogen-bond acceptors (Lipinski definition) is 7. The number of amides is 1. The summed E-state index contributed by atoms with van der Waals surface area (Å²) in [5.74, 6) is 0.766. The zero-order valence-electron chi connectivity index (χ0n) is 16.1. The van der Waals surface area contributed by atoms with E-state index in [9.17, 15) is 4.79 Å². The van der Waals surface area contributed by atoms with Crippen molar-refractivity contribution in [2.24, 2.45) is 0 Å². The second-order valence-electron chi connectivity index (χ2n) is 6.48. The highest BCUT2D eigenvalue weighted by Gasteiger charge is 2.17. The number of methoxy groups -OCH3 is 1. The maximum Gasteiger partial charge on any atom is 0.291 e. The first-order chi connectivity index (χ1) is 15.1. The zero-order valence-corrected chi connectivity index (χ0v) is 17.6. The maximum atomic E-state index is 12.8. The molecule has 0 spiro atoms. The molecule has 0 aliphatic heterocycles. The fourth-order valence-electron chi connectivity index (χ4n) is 3.06. The number of nitrogens with one attached hydrogen (secondary N) is 1. The summed E-state index contributed by atoms with van der Waals surface area (Å²) in [5.41, 5.74) is 2.01. The minimum atomic E-state index is -0.410. The van der Waals surface area contributed by atoms with Gasteiger partial charge in [-0.1, -0.05) is 35.1 Å². The van der Waals surface area contributed by atoms with Crippen molar-refractivity contribution >= 4 is 39.5 Å². The molecule has 1 amide bonds. The monoisotopic (exact) mass is 451 g/mol. The van der Waals surface area contributed by atoms with E-state index in [1.807, 2.05) is 24.3 Å². The SMILES string of the molecule is COc1ccc(-c2nn3cnnc3s2)cc1NC(=O)c1ccc(-c2ccccc2Cl)o1. The molecular formula is C21H14ClN5O3S. The third-order valence-electron chi connectivity index (χ3n) is 4.55. The quantitative estimate of drug-likeness (QED) is 0.403.